The maximum absolute atomic E-state index is 6.58. The second-order valence-corrected chi connectivity index (χ2v) is 18.9. The summed E-state index contributed by atoms with van der Waals surface area (Å²) in [6.07, 6.45) is 1.17. The highest BCUT2D eigenvalue weighted by Gasteiger charge is 2.62. The topological polar surface area (TPSA) is 0 Å². The van der Waals surface area contributed by atoms with Crippen molar-refractivity contribution in [1.29, 1.82) is 0 Å². The zero-order chi connectivity index (χ0) is 18.9. The van der Waals surface area contributed by atoms with Crippen LogP contribution in [0.3, 0.4) is 0 Å². The van der Waals surface area contributed by atoms with Crippen LogP contribution in [0.5, 0.6) is 0 Å². The second kappa shape index (κ2) is 4.81. The van der Waals surface area contributed by atoms with E-state index in [-0.39, 0.29) is 10.8 Å². The Kier molecular flexibility index (Phi) is 3.58. The Morgan fingerprint density at radius 1 is 0.800 bits per heavy atom. The number of allylic oxidation sites excluding steroid dienone is 8. The molecule has 0 aromatic heterocycles. The van der Waals surface area contributed by atoms with E-state index in [1.807, 2.05) is 0 Å². The van der Waals surface area contributed by atoms with Crippen LogP contribution in [0.4, 0.5) is 0 Å². The van der Waals surface area contributed by atoms with Crippen molar-refractivity contribution in [2.75, 3.05) is 6.16 Å². The van der Waals surface area contributed by atoms with E-state index in [9.17, 15) is 0 Å². The van der Waals surface area contributed by atoms with Gasteiger partial charge in [-0.1, -0.05) is 66.7 Å². The molecule has 4 heteroatoms. The summed E-state index contributed by atoms with van der Waals surface area (Å²) >= 11 is 13.1. The lowest BCUT2D eigenvalue weighted by Gasteiger charge is -2.34. The van der Waals surface area contributed by atoms with Crippen LogP contribution in [0.15, 0.2) is 43.5 Å². The summed E-state index contributed by atoms with van der Waals surface area (Å²) in [7, 11) is 0. The third kappa shape index (κ3) is 1.62. The van der Waals surface area contributed by atoms with Gasteiger partial charge in [-0.05, 0) is 69.0 Å². The van der Waals surface area contributed by atoms with Gasteiger partial charge in [0.05, 0.1) is 0 Å². The highest BCUT2D eigenvalue weighted by atomic mass is 32.4. The molecule has 3 unspecified atom stereocenters. The Morgan fingerprint density at radius 2 is 1.36 bits per heavy atom. The largest absolute Gasteiger partial charge is 0.0879 e. The quantitative estimate of drug-likeness (QED) is 0.411. The molecular formula is C21H30P2S2. The van der Waals surface area contributed by atoms with Crippen molar-refractivity contribution in [1.82, 2.24) is 0 Å². The number of rotatable bonds is 1. The molecular weight excluding hydrogens is 378 g/mol. The molecule has 4 rings (SSSR count). The molecule has 0 spiro atoms. The van der Waals surface area contributed by atoms with Crippen LogP contribution in [0.1, 0.15) is 62.3 Å². The molecule has 4 heterocycles. The van der Waals surface area contributed by atoms with Crippen LogP contribution in [-0.2, 0) is 23.6 Å². The van der Waals surface area contributed by atoms with Gasteiger partial charge < -0.3 is 0 Å². The van der Waals surface area contributed by atoms with E-state index in [1.165, 1.54) is 16.8 Å². The molecule has 4 aliphatic heterocycles. The highest BCUT2D eigenvalue weighted by Crippen LogP contribution is 2.90. The number of hydrogen-bond acceptors (Lipinski definition) is 2. The number of hydrogen-bond donors (Lipinski definition) is 0. The van der Waals surface area contributed by atoms with Gasteiger partial charge in [-0.2, -0.15) is 0 Å². The zero-order valence-electron chi connectivity index (χ0n) is 17.0. The summed E-state index contributed by atoms with van der Waals surface area (Å²) in [5.41, 5.74) is 7.14. The van der Waals surface area contributed by atoms with Crippen molar-refractivity contribution in [3.05, 3.63) is 43.5 Å². The minimum atomic E-state index is -1.71. The standard InChI is InChI=1S/C21H30P2S2/c1-11-15(5)22(24)10-20(11,8)13(3)18(22)19-14(4)21(9)12(2)16(6)23(19,25)17(21)7/h17H,10H2,1-9H3/t17?,20-,21-,22?,23?/m0/s1. The normalized spacial score (nSPS) is 48.8. The van der Waals surface area contributed by atoms with Crippen molar-refractivity contribution in [2.24, 2.45) is 10.8 Å². The number of fused-ring (bicyclic) bond motifs is 4. The molecule has 25 heavy (non-hydrogen) atoms. The predicted molar refractivity (Wildman–Crippen MR) is 121 cm³/mol. The van der Waals surface area contributed by atoms with Gasteiger partial charge >= 0.3 is 0 Å². The summed E-state index contributed by atoms with van der Waals surface area (Å²) in [6.45, 7) is 21.3. The average Bonchev–Trinajstić information content (AvgIpc) is 2.99. The van der Waals surface area contributed by atoms with Crippen molar-refractivity contribution in [3.8, 4) is 0 Å². The third-order valence-corrected chi connectivity index (χ3v) is 21.1. The Hall–Kier alpha value is 0.260. The molecule has 0 N–H and O–H groups in total. The third-order valence-electron chi connectivity index (χ3n) is 8.89. The van der Waals surface area contributed by atoms with E-state index >= 15 is 0 Å². The molecule has 136 valence electrons. The van der Waals surface area contributed by atoms with E-state index in [0.717, 1.165) is 0 Å². The van der Waals surface area contributed by atoms with Crippen molar-refractivity contribution in [2.45, 2.75) is 68.0 Å². The van der Waals surface area contributed by atoms with Crippen molar-refractivity contribution >= 4 is 35.7 Å². The average molecular weight is 409 g/mol. The van der Waals surface area contributed by atoms with Crippen LogP contribution in [0.2, 0.25) is 0 Å². The first-order valence-corrected chi connectivity index (χ1v) is 15.2. The fourth-order valence-corrected chi connectivity index (χ4v) is 19.8. The molecule has 4 aliphatic rings. The maximum atomic E-state index is 6.58. The Labute approximate surface area is 163 Å². The van der Waals surface area contributed by atoms with Gasteiger partial charge in [-0.15, -0.1) is 0 Å². The van der Waals surface area contributed by atoms with Gasteiger partial charge in [-0.3, -0.25) is 0 Å². The molecule has 0 aromatic rings. The lowest BCUT2D eigenvalue weighted by molar-refractivity contribution is 0.488. The van der Waals surface area contributed by atoms with E-state index in [4.69, 9.17) is 23.6 Å². The minimum absolute atomic E-state index is 0.160. The van der Waals surface area contributed by atoms with E-state index in [1.54, 1.807) is 32.9 Å². The lowest BCUT2D eigenvalue weighted by atomic mass is 9.73. The molecule has 0 radical (unpaired) electrons. The van der Waals surface area contributed by atoms with Crippen LogP contribution in [-0.4, -0.2) is 11.8 Å². The molecule has 0 saturated heterocycles. The van der Waals surface area contributed by atoms with Gasteiger partial charge in [0.1, 0.15) is 0 Å². The summed E-state index contributed by atoms with van der Waals surface area (Å²) in [5, 5.41) is 6.23. The van der Waals surface area contributed by atoms with Gasteiger partial charge in [-0.25, -0.2) is 0 Å². The maximum Gasteiger partial charge on any atom is 0.0181 e. The monoisotopic (exact) mass is 408 g/mol. The SMILES string of the molecule is CC1=C(C)P2(=S)C[C@]1(C)C(C)=C2C1=C(C)[C@]2(C)C(C)=C(C)P1(=S)C2C. The van der Waals surface area contributed by atoms with Gasteiger partial charge in [0.25, 0.3) is 0 Å². The Morgan fingerprint density at radius 3 is 1.84 bits per heavy atom. The Bertz CT molecular complexity index is 987. The predicted octanol–water partition coefficient (Wildman–Crippen LogP) is 7.54. The first kappa shape index (κ1) is 18.6. The zero-order valence-corrected chi connectivity index (χ0v) is 20.4. The Balaban J connectivity index is 2.07. The van der Waals surface area contributed by atoms with Crippen LogP contribution >= 0.6 is 12.1 Å². The van der Waals surface area contributed by atoms with Crippen molar-refractivity contribution < 1.29 is 0 Å². The van der Waals surface area contributed by atoms with E-state index in [0.29, 0.717) is 5.66 Å². The van der Waals surface area contributed by atoms with E-state index in [2.05, 4.69) is 62.3 Å². The van der Waals surface area contributed by atoms with Gasteiger partial charge in [0, 0.05) is 28.6 Å². The first-order valence-electron chi connectivity index (χ1n) is 9.30. The summed E-state index contributed by atoms with van der Waals surface area (Å²) < 4.78 is 0. The molecule has 0 aromatic carbocycles. The van der Waals surface area contributed by atoms with Crippen LogP contribution < -0.4 is 0 Å². The lowest BCUT2D eigenvalue weighted by Crippen LogP contribution is -2.24. The van der Waals surface area contributed by atoms with Crippen LogP contribution in [0, 0.1) is 10.8 Å². The molecule has 0 fully saturated rings. The highest BCUT2D eigenvalue weighted by molar-refractivity contribution is 8.22. The minimum Gasteiger partial charge on any atom is -0.0879 e. The molecule has 0 amide bonds. The van der Waals surface area contributed by atoms with Crippen molar-refractivity contribution in [3.63, 3.8) is 0 Å². The summed E-state index contributed by atoms with van der Waals surface area (Å²) in [4.78, 5) is 0. The molecule has 4 bridgehead atoms. The molecule has 0 saturated carbocycles. The fourth-order valence-electron chi connectivity index (χ4n) is 6.26. The van der Waals surface area contributed by atoms with E-state index < -0.39 is 12.1 Å². The molecule has 5 atom stereocenters. The first-order chi connectivity index (χ1) is 11.3. The summed E-state index contributed by atoms with van der Waals surface area (Å²) in [5.74, 6) is 0. The smallest absolute Gasteiger partial charge is 0.0181 e. The summed E-state index contributed by atoms with van der Waals surface area (Å²) in [6, 6.07) is -3.35. The molecule has 0 nitrogen and oxygen atoms in total. The van der Waals surface area contributed by atoms with Gasteiger partial charge in [0.2, 0.25) is 0 Å². The molecule has 0 aliphatic carbocycles. The second-order valence-electron chi connectivity index (χ2n) is 9.13. The fraction of sp³-hybridized carbons (Fsp3) is 0.619. The van der Waals surface area contributed by atoms with Gasteiger partial charge in [0.15, 0.2) is 0 Å². The van der Waals surface area contributed by atoms with Crippen LogP contribution in [0.25, 0.3) is 0 Å².